The minimum Gasteiger partial charge on any atom is -0.508 e. The van der Waals surface area contributed by atoms with Gasteiger partial charge in [-0.1, -0.05) is 12.1 Å². The number of phenols is 1. The smallest absolute Gasteiger partial charge is 0.271 e. The summed E-state index contributed by atoms with van der Waals surface area (Å²) in [6, 6.07) is 8.58. The first-order chi connectivity index (χ1) is 16.5. The molecule has 0 spiro atoms. The van der Waals surface area contributed by atoms with Crippen LogP contribution in [0.2, 0.25) is 0 Å². The molecule has 0 saturated carbocycles. The predicted octanol–water partition coefficient (Wildman–Crippen LogP) is 1.82. The van der Waals surface area contributed by atoms with Gasteiger partial charge in [-0.2, -0.15) is 0 Å². The van der Waals surface area contributed by atoms with Crippen molar-refractivity contribution in [3.05, 3.63) is 65.4 Å². The largest absolute Gasteiger partial charge is 0.508 e. The van der Waals surface area contributed by atoms with E-state index in [1.165, 1.54) is 28.4 Å². The highest BCUT2D eigenvalue weighted by atomic mass is 32.1. The van der Waals surface area contributed by atoms with E-state index in [9.17, 15) is 19.5 Å². The van der Waals surface area contributed by atoms with Crippen LogP contribution in [0.1, 0.15) is 22.5 Å². The Balaban J connectivity index is 1.37. The number of carbonyl (C=O) groups is 3. The summed E-state index contributed by atoms with van der Waals surface area (Å²) in [5.41, 5.74) is 1.76. The lowest BCUT2D eigenvalue weighted by molar-refractivity contribution is -0.138. The molecule has 4 heterocycles. The molecular formula is C24H22N4O5S. The first-order valence-corrected chi connectivity index (χ1v) is 11.8. The molecule has 2 amide bonds. The van der Waals surface area contributed by atoms with Crippen LogP contribution in [0.3, 0.4) is 0 Å². The molecule has 2 aliphatic rings. The van der Waals surface area contributed by atoms with Crippen molar-refractivity contribution in [2.75, 3.05) is 13.2 Å². The Kier molecular flexibility index (Phi) is 6.08. The van der Waals surface area contributed by atoms with E-state index >= 15 is 0 Å². The summed E-state index contributed by atoms with van der Waals surface area (Å²) in [6.45, 7) is 0.397. The Morgan fingerprint density at radius 3 is 2.85 bits per heavy atom. The highest BCUT2D eigenvalue weighted by Crippen LogP contribution is 2.28. The van der Waals surface area contributed by atoms with Crippen molar-refractivity contribution in [1.29, 1.82) is 0 Å². The van der Waals surface area contributed by atoms with Crippen LogP contribution in [0.5, 0.6) is 5.75 Å². The third kappa shape index (κ3) is 4.42. The number of benzene rings is 1. The summed E-state index contributed by atoms with van der Waals surface area (Å²) in [7, 11) is 0. The van der Waals surface area contributed by atoms with Crippen LogP contribution in [0.4, 0.5) is 0 Å². The number of Topliss-reactive ketones (excluding diaryl/α,β-unsaturated/α-hetero) is 1. The molecule has 0 radical (unpaired) electrons. The van der Waals surface area contributed by atoms with Crippen molar-refractivity contribution >= 4 is 28.9 Å². The van der Waals surface area contributed by atoms with Gasteiger partial charge in [-0.15, -0.1) is 11.3 Å². The quantitative estimate of drug-likeness (QED) is 0.554. The van der Waals surface area contributed by atoms with Crippen molar-refractivity contribution in [2.45, 2.75) is 31.0 Å². The number of hydrogen-bond acceptors (Lipinski definition) is 8. The van der Waals surface area contributed by atoms with Crippen LogP contribution in [-0.4, -0.2) is 68.9 Å². The van der Waals surface area contributed by atoms with Gasteiger partial charge in [0.25, 0.3) is 5.91 Å². The molecule has 5 rings (SSSR count). The zero-order chi connectivity index (χ0) is 23.7. The van der Waals surface area contributed by atoms with Crippen LogP contribution in [0, 0.1) is 0 Å². The van der Waals surface area contributed by atoms with E-state index < -0.39 is 18.0 Å². The Labute approximate surface area is 199 Å². The molecule has 2 aliphatic heterocycles. The average molecular weight is 479 g/mol. The maximum absolute atomic E-state index is 13.5. The maximum atomic E-state index is 13.5. The lowest BCUT2D eigenvalue weighted by Gasteiger charge is -2.27. The summed E-state index contributed by atoms with van der Waals surface area (Å²) >= 11 is 1.31. The van der Waals surface area contributed by atoms with Gasteiger partial charge in [0.05, 0.1) is 6.10 Å². The van der Waals surface area contributed by atoms with Gasteiger partial charge in [-0.05, 0) is 36.2 Å². The fourth-order valence-electron chi connectivity index (χ4n) is 4.34. The third-order valence-electron chi connectivity index (χ3n) is 6.02. The van der Waals surface area contributed by atoms with E-state index in [2.05, 4.69) is 15.3 Å². The van der Waals surface area contributed by atoms with E-state index in [1.807, 2.05) is 6.07 Å². The summed E-state index contributed by atoms with van der Waals surface area (Å²) in [5, 5.41) is 14.7. The number of amides is 2. The summed E-state index contributed by atoms with van der Waals surface area (Å²) in [4.78, 5) is 48.9. The lowest BCUT2D eigenvalue weighted by atomic mass is 10.0. The minimum atomic E-state index is -0.910. The number of ether oxygens (including phenoxy) is 1. The molecule has 174 valence electrons. The number of rotatable bonds is 6. The molecule has 3 atom stereocenters. The molecule has 2 fully saturated rings. The summed E-state index contributed by atoms with van der Waals surface area (Å²) < 4.78 is 5.50. The van der Waals surface area contributed by atoms with Gasteiger partial charge in [0.1, 0.15) is 35.1 Å². The monoisotopic (exact) mass is 478 g/mol. The fraction of sp³-hybridized carbons (Fsp3) is 0.292. The fourth-order valence-corrected chi connectivity index (χ4v) is 5.13. The van der Waals surface area contributed by atoms with E-state index in [-0.39, 0.29) is 42.3 Å². The summed E-state index contributed by atoms with van der Waals surface area (Å²) in [5.74, 6) is -0.827. The number of aromatic nitrogens is 2. The molecule has 2 N–H and O–H groups in total. The van der Waals surface area contributed by atoms with Crippen LogP contribution in [-0.2, 0) is 20.7 Å². The van der Waals surface area contributed by atoms with Gasteiger partial charge in [-0.25, -0.2) is 4.98 Å². The van der Waals surface area contributed by atoms with E-state index in [0.29, 0.717) is 18.0 Å². The van der Waals surface area contributed by atoms with Crippen LogP contribution in [0.15, 0.2) is 54.2 Å². The zero-order valence-electron chi connectivity index (χ0n) is 18.1. The molecule has 3 unspecified atom stereocenters. The third-order valence-corrected chi connectivity index (χ3v) is 6.91. The molecule has 10 heteroatoms. The number of phenolic OH excluding ortho intramolecular Hbond substituents is 1. The molecule has 9 nitrogen and oxygen atoms in total. The SMILES string of the molecule is O=C(NC(Cc1ccc(O)cc1)C(=O)N1CCC2OCC(=O)C21)c1csc(-c2cccnc2)n1. The van der Waals surface area contributed by atoms with Gasteiger partial charge >= 0.3 is 0 Å². The number of aromatic hydroxyl groups is 1. The van der Waals surface area contributed by atoms with Crippen LogP contribution in [0.25, 0.3) is 10.6 Å². The predicted molar refractivity (Wildman–Crippen MR) is 123 cm³/mol. The molecule has 2 saturated heterocycles. The van der Waals surface area contributed by atoms with Crippen molar-refractivity contribution in [2.24, 2.45) is 0 Å². The molecule has 34 heavy (non-hydrogen) atoms. The Morgan fingerprint density at radius 1 is 1.26 bits per heavy atom. The molecule has 3 aromatic rings. The molecular weight excluding hydrogens is 456 g/mol. The number of fused-ring (bicyclic) bond motifs is 1. The number of carbonyl (C=O) groups excluding carboxylic acids is 3. The molecule has 0 aliphatic carbocycles. The highest BCUT2D eigenvalue weighted by Gasteiger charge is 2.48. The van der Waals surface area contributed by atoms with Gasteiger partial charge in [0.2, 0.25) is 5.91 Å². The van der Waals surface area contributed by atoms with E-state index in [0.717, 1.165) is 11.1 Å². The van der Waals surface area contributed by atoms with Crippen molar-refractivity contribution < 1.29 is 24.2 Å². The minimum absolute atomic E-state index is 0.00401. The number of pyridine rings is 1. The van der Waals surface area contributed by atoms with Gasteiger partial charge in [0.15, 0.2) is 5.78 Å². The Hall–Kier alpha value is -3.63. The number of nitrogens with one attached hydrogen (secondary N) is 1. The van der Waals surface area contributed by atoms with Crippen LogP contribution < -0.4 is 5.32 Å². The van der Waals surface area contributed by atoms with Gasteiger partial charge in [-0.3, -0.25) is 19.4 Å². The highest BCUT2D eigenvalue weighted by molar-refractivity contribution is 7.13. The van der Waals surface area contributed by atoms with E-state index in [1.54, 1.807) is 36.0 Å². The number of nitrogens with zero attached hydrogens (tertiary/aromatic N) is 3. The lowest BCUT2D eigenvalue weighted by Crippen LogP contribution is -2.53. The zero-order valence-corrected chi connectivity index (χ0v) is 18.9. The number of thiazole rings is 1. The number of hydrogen-bond donors (Lipinski definition) is 2. The van der Waals surface area contributed by atoms with Crippen LogP contribution >= 0.6 is 11.3 Å². The average Bonchev–Trinajstić information content (AvgIpc) is 3.58. The normalized spacial score (nSPS) is 20.2. The van der Waals surface area contributed by atoms with E-state index in [4.69, 9.17) is 4.74 Å². The number of ketones is 1. The van der Waals surface area contributed by atoms with Crippen molar-refractivity contribution in [1.82, 2.24) is 20.2 Å². The Bertz CT molecular complexity index is 1210. The second-order valence-corrected chi connectivity index (χ2v) is 9.12. The second kappa shape index (κ2) is 9.32. The molecule has 1 aromatic carbocycles. The summed E-state index contributed by atoms with van der Waals surface area (Å²) in [6.07, 6.45) is 3.83. The first-order valence-electron chi connectivity index (χ1n) is 10.9. The van der Waals surface area contributed by atoms with Crippen molar-refractivity contribution in [3.63, 3.8) is 0 Å². The second-order valence-electron chi connectivity index (χ2n) is 8.26. The number of likely N-dealkylation sites (tertiary alicyclic amines) is 1. The Morgan fingerprint density at radius 2 is 2.09 bits per heavy atom. The van der Waals surface area contributed by atoms with Gasteiger partial charge < -0.3 is 20.1 Å². The molecule has 0 bridgehead atoms. The topological polar surface area (TPSA) is 122 Å². The maximum Gasteiger partial charge on any atom is 0.271 e. The van der Waals surface area contributed by atoms with Gasteiger partial charge in [0, 0.05) is 36.3 Å². The first kappa shape index (κ1) is 22.2. The molecule has 2 aromatic heterocycles. The van der Waals surface area contributed by atoms with Crippen molar-refractivity contribution in [3.8, 4) is 16.3 Å². The standard InChI is InChI=1S/C24H22N4O5S/c29-16-5-3-14(4-6-16)10-17(24(32)28-9-7-20-21(28)19(30)12-33-20)26-22(31)18-13-34-23(27-18)15-2-1-8-25-11-15/h1-6,8,11,13,17,20-21,29H,7,9-10,12H2,(H,26,31).